The summed E-state index contributed by atoms with van der Waals surface area (Å²) in [6.07, 6.45) is 3.56. The SMILES string of the molecule is CCCCCCC(CC)(C(=O)OCC)S(=O)(=O)O. The first-order valence-electron chi connectivity index (χ1n) is 6.50. The van der Waals surface area contributed by atoms with E-state index in [1.165, 1.54) is 0 Å². The molecule has 0 spiro atoms. The van der Waals surface area contributed by atoms with E-state index in [0.29, 0.717) is 6.42 Å². The fraction of sp³-hybridized carbons (Fsp3) is 0.917. The maximum absolute atomic E-state index is 11.8. The van der Waals surface area contributed by atoms with E-state index < -0.39 is 20.8 Å². The largest absolute Gasteiger partial charge is 0.465 e. The molecule has 0 heterocycles. The lowest BCUT2D eigenvalue weighted by molar-refractivity contribution is -0.146. The van der Waals surface area contributed by atoms with Crippen molar-refractivity contribution in [2.45, 2.75) is 64.0 Å². The number of hydrogen-bond acceptors (Lipinski definition) is 4. The van der Waals surface area contributed by atoms with Crippen molar-refractivity contribution < 1.29 is 22.5 Å². The van der Waals surface area contributed by atoms with E-state index in [4.69, 9.17) is 4.74 Å². The predicted octanol–water partition coefficient (Wildman–Crippen LogP) is 2.56. The number of esters is 1. The molecule has 6 heteroatoms. The van der Waals surface area contributed by atoms with E-state index in [0.717, 1.165) is 19.3 Å². The van der Waals surface area contributed by atoms with E-state index in [1.54, 1.807) is 13.8 Å². The van der Waals surface area contributed by atoms with E-state index in [1.807, 2.05) is 6.92 Å². The summed E-state index contributed by atoms with van der Waals surface area (Å²) >= 11 is 0. The number of ether oxygens (including phenoxy) is 1. The molecule has 0 aromatic heterocycles. The highest BCUT2D eigenvalue weighted by Crippen LogP contribution is 2.29. The minimum Gasteiger partial charge on any atom is -0.465 e. The van der Waals surface area contributed by atoms with Crippen molar-refractivity contribution in [2.75, 3.05) is 6.61 Å². The molecule has 1 N–H and O–H groups in total. The third-order valence-corrected chi connectivity index (χ3v) is 4.79. The molecule has 0 saturated carbocycles. The topological polar surface area (TPSA) is 80.7 Å². The molecule has 1 unspecified atom stereocenters. The van der Waals surface area contributed by atoms with Gasteiger partial charge in [0.2, 0.25) is 0 Å². The van der Waals surface area contributed by atoms with Gasteiger partial charge in [-0.25, -0.2) is 0 Å². The molecule has 1 atom stereocenters. The summed E-state index contributed by atoms with van der Waals surface area (Å²) in [7, 11) is -4.46. The van der Waals surface area contributed by atoms with Gasteiger partial charge in [-0.1, -0.05) is 39.5 Å². The molecule has 0 bridgehead atoms. The Bertz CT molecular complexity index is 349. The van der Waals surface area contributed by atoms with Crippen molar-refractivity contribution in [1.29, 1.82) is 0 Å². The summed E-state index contributed by atoms with van der Waals surface area (Å²) in [6.45, 7) is 5.33. The van der Waals surface area contributed by atoms with Gasteiger partial charge in [0.15, 0.2) is 4.75 Å². The second-order valence-electron chi connectivity index (χ2n) is 4.35. The zero-order chi connectivity index (χ0) is 14.2. The Kier molecular flexibility index (Phi) is 7.47. The predicted molar refractivity (Wildman–Crippen MR) is 70.0 cm³/mol. The lowest BCUT2D eigenvalue weighted by Gasteiger charge is -2.26. The molecule has 0 saturated heterocycles. The fourth-order valence-corrected chi connectivity index (χ4v) is 2.98. The van der Waals surface area contributed by atoms with Crippen LogP contribution in [0.5, 0.6) is 0 Å². The number of carbonyl (C=O) groups excluding carboxylic acids is 1. The molecule has 0 aromatic rings. The second kappa shape index (κ2) is 7.74. The van der Waals surface area contributed by atoms with E-state index in [-0.39, 0.29) is 19.4 Å². The number of carbonyl (C=O) groups is 1. The average Bonchev–Trinajstić information content (AvgIpc) is 2.28. The summed E-state index contributed by atoms with van der Waals surface area (Å²) in [5.41, 5.74) is 0. The number of unbranched alkanes of at least 4 members (excludes halogenated alkanes) is 3. The van der Waals surface area contributed by atoms with Crippen LogP contribution in [0.4, 0.5) is 0 Å². The van der Waals surface area contributed by atoms with Gasteiger partial charge in [0, 0.05) is 0 Å². The summed E-state index contributed by atoms with van der Waals surface area (Å²) in [5.74, 6) is -0.841. The lowest BCUT2D eigenvalue weighted by Crippen LogP contribution is -2.47. The third kappa shape index (κ3) is 4.24. The number of hydrogen-bond donors (Lipinski definition) is 1. The van der Waals surface area contributed by atoms with Crippen LogP contribution in [0.25, 0.3) is 0 Å². The first kappa shape index (κ1) is 17.4. The molecule has 0 aromatic carbocycles. The average molecular weight is 280 g/mol. The van der Waals surface area contributed by atoms with E-state index in [2.05, 4.69) is 0 Å². The Morgan fingerprint density at radius 1 is 1.17 bits per heavy atom. The minimum atomic E-state index is -4.46. The van der Waals surface area contributed by atoms with Crippen molar-refractivity contribution in [3.63, 3.8) is 0 Å². The highest BCUT2D eigenvalue weighted by atomic mass is 32.2. The molecular formula is C12H24O5S. The number of rotatable bonds is 9. The standard InChI is InChI=1S/C12H24O5S/c1-4-7-8-9-10-12(5-2,18(14,15)16)11(13)17-6-3/h4-10H2,1-3H3,(H,14,15,16). The van der Waals surface area contributed by atoms with Crippen LogP contribution in [-0.4, -0.2) is 30.3 Å². The van der Waals surface area contributed by atoms with Gasteiger partial charge in [-0.15, -0.1) is 0 Å². The van der Waals surface area contributed by atoms with Crippen LogP contribution in [0, 0.1) is 0 Å². The van der Waals surface area contributed by atoms with Gasteiger partial charge in [0.05, 0.1) is 6.61 Å². The molecular weight excluding hydrogens is 256 g/mol. The Morgan fingerprint density at radius 2 is 1.78 bits per heavy atom. The summed E-state index contributed by atoms with van der Waals surface area (Å²) in [6, 6.07) is 0. The monoisotopic (exact) mass is 280 g/mol. The molecule has 0 amide bonds. The van der Waals surface area contributed by atoms with Gasteiger partial charge in [-0.05, 0) is 19.8 Å². The van der Waals surface area contributed by atoms with Crippen LogP contribution < -0.4 is 0 Å². The summed E-state index contributed by atoms with van der Waals surface area (Å²) in [5, 5.41) is 0. The van der Waals surface area contributed by atoms with Crippen LogP contribution in [-0.2, 0) is 19.6 Å². The molecule has 0 fully saturated rings. The molecule has 5 nitrogen and oxygen atoms in total. The van der Waals surface area contributed by atoms with Crippen molar-refractivity contribution in [2.24, 2.45) is 0 Å². The third-order valence-electron chi connectivity index (χ3n) is 3.15. The zero-order valence-electron chi connectivity index (χ0n) is 11.4. The molecule has 0 radical (unpaired) electrons. The highest BCUT2D eigenvalue weighted by molar-refractivity contribution is 7.88. The quantitative estimate of drug-likeness (QED) is 0.399. The van der Waals surface area contributed by atoms with Gasteiger partial charge >= 0.3 is 5.97 Å². The van der Waals surface area contributed by atoms with E-state index >= 15 is 0 Å². The Morgan fingerprint density at radius 3 is 2.17 bits per heavy atom. The summed E-state index contributed by atoms with van der Waals surface area (Å²) in [4.78, 5) is 11.8. The minimum absolute atomic E-state index is 0.0246. The fourth-order valence-electron chi connectivity index (χ4n) is 1.94. The van der Waals surface area contributed by atoms with Crippen LogP contribution in [0.2, 0.25) is 0 Å². The molecule has 0 aliphatic heterocycles. The molecule has 0 aliphatic rings. The highest BCUT2D eigenvalue weighted by Gasteiger charge is 2.49. The van der Waals surface area contributed by atoms with Gasteiger partial charge < -0.3 is 4.74 Å². The zero-order valence-corrected chi connectivity index (χ0v) is 12.3. The van der Waals surface area contributed by atoms with Gasteiger partial charge in [0.1, 0.15) is 0 Å². The smallest absolute Gasteiger partial charge is 0.329 e. The lowest BCUT2D eigenvalue weighted by atomic mass is 9.97. The van der Waals surface area contributed by atoms with Crippen LogP contribution >= 0.6 is 0 Å². The Labute approximate surface area is 110 Å². The van der Waals surface area contributed by atoms with Gasteiger partial charge in [-0.3, -0.25) is 9.35 Å². The van der Waals surface area contributed by atoms with Crippen molar-refractivity contribution in [3.05, 3.63) is 0 Å². The van der Waals surface area contributed by atoms with Gasteiger partial charge in [0.25, 0.3) is 10.1 Å². The van der Waals surface area contributed by atoms with Crippen molar-refractivity contribution in [1.82, 2.24) is 0 Å². The maximum atomic E-state index is 11.8. The van der Waals surface area contributed by atoms with Crippen LogP contribution in [0.15, 0.2) is 0 Å². The summed E-state index contributed by atoms with van der Waals surface area (Å²) < 4.78 is 35.4. The second-order valence-corrected chi connectivity index (χ2v) is 6.09. The van der Waals surface area contributed by atoms with Crippen molar-refractivity contribution >= 4 is 16.1 Å². The molecule has 0 rings (SSSR count). The molecule has 0 aliphatic carbocycles. The van der Waals surface area contributed by atoms with Crippen molar-refractivity contribution in [3.8, 4) is 0 Å². The molecule has 108 valence electrons. The first-order valence-corrected chi connectivity index (χ1v) is 7.94. The maximum Gasteiger partial charge on any atom is 0.329 e. The van der Waals surface area contributed by atoms with E-state index in [9.17, 15) is 17.8 Å². The first-order chi connectivity index (χ1) is 8.35. The Hall–Kier alpha value is -0.620. The normalized spacial score (nSPS) is 15.1. The van der Waals surface area contributed by atoms with Gasteiger partial charge in [-0.2, -0.15) is 8.42 Å². The Balaban J connectivity index is 4.96. The molecule has 18 heavy (non-hydrogen) atoms. The van der Waals surface area contributed by atoms with Crippen LogP contribution in [0.3, 0.4) is 0 Å². The van der Waals surface area contributed by atoms with Crippen LogP contribution in [0.1, 0.15) is 59.3 Å².